The molecule has 2 amide bonds. The molecule has 3 aliphatic rings. The first kappa shape index (κ1) is 17.5. The standard InChI is InChI=1S/C20H28N2O4/c1-14(2)18-13-22(10-11-24-18)19(23)21-15-6-7-16-17(12-15)26-20(25-16)8-4-3-5-9-20/h6-7,12,14,18H,3-5,8-11,13H2,1-2H3,(H,21,23)/t18-/m1/s1. The highest BCUT2D eigenvalue weighted by Gasteiger charge is 2.42. The highest BCUT2D eigenvalue weighted by molar-refractivity contribution is 5.89. The fourth-order valence-corrected chi connectivity index (χ4v) is 3.93. The van der Waals surface area contributed by atoms with Crippen LogP contribution in [0.5, 0.6) is 11.5 Å². The molecule has 1 spiro atoms. The van der Waals surface area contributed by atoms with Crippen molar-refractivity contribution in [1.29, 1.82) is 0 Å². The van der Waals surface area contributed by atoms with Gasteiger partial charge < -0.3 is 24.4 Å². The van der Waals surface area contributed by atoms with Crippen LogP contribution in [0.25, 0.3) is 0 Å². The van der Waals surface area contributed by atoms with E-state index in [-0.39, 0.29) is 12.1 Å². The Morgan fingerprint density at radius 2 is 1.96 bits per heavy atom. The average molecular weight is 360 g/mol. The van der Waals surface area contributed by atoms with E-state index in [2.05, 4.69) is 19.2 Å². The van der Waals surface area contributed by atoms with E-state index >= 15 is 0 Å². The summed E-state index contributed by atoms with van der Waals surface area (Å²) in [6.07, 6.45) is 5.44. The molecule has 2 heterocycles. The van der Waals surface area contributed by atoms with Gasteiger partial charge in [-0.1, -0.05) is 20.3 Å². The molecule has 0 bridgehead atoms. The lowest BCUT2D eigenvalue weighted by Crippen LogP contribution is -2.48. The largest absolute Gasteiger partial charge is 0.448 e. The molecule has 0 unspecified atom stereocenters. The SMILES string of the molecule is CC(C)[C@H]1CN(C(=O)Nc2ccc3c(c2)OC2(CCCCC2)O3)CCO1. The van der Waals surface area contributed by atoms with Crippen LogP contribution in [0.2, 0.25) is 0 Å². The molecule has 0 aromatic heterocycles. The van der Waals surface area contributed by atoms with Gasteiger partial charge in [0.15, 0.2) is 11.5 Å². The summed E-state index contributed by atoms with van der Waals surface area (Å²) in [5.74, 6) is 1.41. The average Bonchev–Trinajstić information content (AvgIpc) is 2.98. The number of hydrogen-bond donors (Lipinski definition) is 1. The van der Waals surface area contributed by atoms with Crippen LogP contribution in [0, 0.1) is 5.92 Å². The molecule has 1 aromatic rings. The fraction of sp³-hybridized carbons (Fsp3) is 0.650. The minimum absolute atomic E-state index is 0.0924. The topological polar surface area (TPSA) is 60.0 Å². The quantitative estimate of drug-likeness (QED) is 0.866. The summed E-state index contributed by atoms with van der Waals surface area (Å²) in [6, 6.07) is 5.55. The van der Waals surface area contributed by atoms with Crippen molar-refractivity contribution in [2.75, 3.05) is 25.0 Å². The Hall–Kier alpha value is -1.95. The number of nitrogens with zero attached hydrogens (tertiary/aromatic N) is 1. The van der Waals surface area contributed by atoms with E-state index in [0.29, 0.717) is 25.6 Å². The van der Waals surface area contributed by atoms with Crippen molar-refractivity contribution >= 4 is 11.7 Å². The molecule has 1 aromatic carbocycles. The van der Waals surface area contributed by atoms with Crippen LogP contribution < -0.4 is 14.8 Å². The minimum Gasteiger partial charge on any atom is -0.448 e. The van der Waals surface area contributed by atoms with Gasteiger partial charge in [-0.3, -0.25) is 0 Å². The Labute approximate surface area is 154 Å². The van der Waals surface area contributed by atoms with E-state index in [0.717, 1.165) is 42.9 Å². The normalized spacial score (nSPS) is 24.1. The number of urea groups is 1. The highest BCUT2D eigenvalue weighted by Crippen LogP contribution is 2.46. The van der Waals surface area contributed by atoms with Crippen molar-refractivity contribution in [1.82, 2.24) is 4.90 Å². The van der Waals surface area contributed by atoms with Gasteiger partial charge in [-0.05, 0) is 30.9 Å². The number of rotatable bonds is 2. The molecule has 6 heteroatoms. The number of fused-ring (bicyclic) bond motifs is 1. The number of carbonyl (C=O) groups excluding carboxylic acids is 1. The highest BCUT2D eigenvalue weighted by atomic mass is 16.7. The van der Waals surface area contributed by atoms with E-state index < -0.39 is 5.79 Å². The number of hydrogen-bond acceptors (Lipinski definition) is 4. The first-order chi connectivity index (χ1) is 12.5. The molecule has 1 N–H and O–H groups in total. The molecule has 2 aliphatic heterocycles. The Kier molecular flexibility index (Phi) is 4.69. The summed E-state index contributed by atoms with van der Waals surface area (Å²) in [6.45, 7) is 6.05. The molecule has 4 rings (SSSR count). The summed E-state index contributed by atoms with van der Waals surface area (Å²) < 4.78 is 18.0. The van der Waals surface area contributed by atoms with Gasteiger partial charge in [0.25, 0.3) is 5.79 Å². The van der Waals surface area contributed by atoms with Crippen molar-refractivity contribution in [3.63, 3.8) is 0 Å². The number of nitrogens with one attached hydrogen (secondary N) is 1. The second-order valence-electron chi connectivity index (χ2n) is 7.87. The molecule has 1 saturated heterocycles. The zero-order chi connectivity index (χ0) is 18.1. The van der Waals surface area contributed by atoms with Gasteiger partial charge in [0.05, 0.1) is 12.7 Å². The molecular weight excluding hydrogens is 332 g/mol. The van der Waals surface area contributed by atoms with Crippen LogP contribution in [0.4, 0.5) is 10.5 Å². The van der Waals surface area contributed by atoms with Gasteiger partial charge in [-0.25, -0.2) is 4.79 Å². The third kappa shape index (κ3) is 3.47. The van der Waals surface area contributed by atoms with E-state index in [4.69, 9.17) is 14.2 Å². The third-order valence-corrected chi connectivity index (χ3v) is 5.53. The zero-order valence-electron chi connectivity index (χ0n) is 15.6. The van der Waals surface area contributed by atoms with Crippen LogP contribution in [0.1, 0.15) is 46.0 Å². The van der Waals surface area contributed by atoms with Crippen molar-refractivity contribution in [2.24, 2.45) is 5.92 Å². The summed E-state index contributed by atoms with van der Waals surface area (Å²) in [5, 5.41) is 2.99. The molecule has 0 radical (unpaired) electrons. The van der Waals surface area contributed by atoms with Crippen LogP contribution in [-0.4, -0.2) is 42.5 Å². The van der Waals surface area contributed by atoms with Crippen molar-refractivity contribution in [2.45, 2.75) is 57.8 Å². The molecule has 2 fully saturated rings. The molecule has 1 saturated carbocycles. The first-order valence-corrected chi connectivity index (χ1v) is 9.74. The number of amides is 2. The van der Waals surface area contributed by atoms with Crippen LogP contribution >= 0.6 is 0 Å². The number of anilines is 1. The van der Waals surface area contributed by atoms with Gasteiger partial charge in [0.1, 0.15) is 0 Å². The predicted molar refractivity (Wildman–Crippen MR) is 98.7 cm³/mol. The number of morpholine rings is 1. The maximum atomic E-state index is 12.6. The number of carbonyl (C=O) groups is 1. The molecule has 142 valence electrons. The predicted octanol–water partition coefficient (Wildman–Crippen LogP) is 4.01. The van der Waals surface area contributed by atoms with Crippen molar-refractivity contribution in [3.05, 3.63) is 18.2 Å². The van der Waals surface area contributed by atoms with Gasteiger partial charge in [0.2, 0.25) is 0 Å². The summed E-state index contributed by atoms with van der Waals surface area (Å²) >= 11 is 0. The molecular formula is C20H28N2O4. The van der Waals surface area contributed by atoms with E-state index in [1.807, 2.05) is 23.1 Å². The van der Waals surface area contributed by atoms with Crippen LogP contribution in [0.3, 0.4) is 0 Å². The maximum Gasteiger partial charge on any atom is 0.322 e. The number of benzene rings is 1. The summed E-state index contributed by atoms with van der Waals surface area (Å²) in [7, 11) is 0. The van der Waals surface area contributed by atoms with Crippen molar-refractivity contribution in [3.8, 4) is 11.5 Å². The maximum absolute atomic E-state index is 12.6. The summed E-state index contributed by atoms with van der Waals surface area (Å²) in [5.41, 5.74) is 0.734. The molecule has 1 aliphatic carbocycles. The molecule has 6 nitrogen and oxygen atoms in total. The Morgan fingerprint density at radius 3 is 2.73 bits per heavy atom. The summed E-state index contributed by atoms with van der Waals surface area (Å²) in [4.78, 5) is 14.4. The molecule has 1 atom stereocenters. The van der Waals surface area contributed by atoms with E-state index in [1.165, 1.54) is 6.42 Å². The second-order valence-corrected chi connectivity index (χ2v) is 7.87. The Morgan fingerprint density at radius 1 is 1.19 bits per heavy atom. The first-order valence-electron chi connectivity index (χ1n) is 9.74. The smallest absolute Gasteiger partial charge is 0.322 e. The lowest BCUT2D eigenvalue weighted by molar-refractivity contribution is -0.105. The van der Waals surface area contributed by atoms with Gasteiger partial charge in [0, 0.05) is 37.7 Å². The van der Waals surface area contributed by atoms with E-state index in [9.17, 15) is 4.79 Å². The lowest BCUT2D eigenvalue weighted by atomic mass is 9.94. The molecule has 26 heavy (non-hydrogen) atoms. The van der Waals surface area contributed by atoms with Crippen molar-refractivity contribution < 1.29 is 19.0 Å². The second kappa shape index (κ2) is 6.99. The van der Waals surface area contributed by atoms with E-state index in [1.54, 1.807) is 0 Å². The third-order valence-electron chi connectivity index (χ3n) is 5.53. The fourth-order valence-electron chi connectivity index (χ4n) is 3.93. The van der Waals surface area contributed by atoms with Gasteiger partial charge in [-0.2, -0.15) is 0 Å². The van der Waals surface area contributed by atoms with Crippen LogP contribution in [-0.2, 0) is 4.74 Å². The van der Waals surface area contributed by atoms with Gasteiger partial charge in [-0.15, -0.1) is 0 Å². The lowest BCUT2D eigenvalue weighted by Gasteiger charge is -2.34. The van der Waals surface area contributed by atoms with Gasteiger partial charge >= 0.3 is 6.03 Å². The minimum atomic E-state index is -0.488. The zero-order valence-corrected chi connectivity index (χ0v) is 15.6. The monoisotopic (exact) mass is 360 g/mol. The van der Waals surface area contributed by atoms with Crippen LogP contribution in [0.15, 0.2) is 18.2 Å². The Balaban J connectivity index is 1.41. The Bertz CT molecular complexity index is 670. The number of ether oxygens (including phenoxy) is 3.